The molecule has 0 bridgehead atoms. The van der Waals surface area contributed by atoms with Crippen molar-refractivity contribution in [3.8, 4) is 0 Å². The van der Waals surface area contributed by atoms with Gasteiger partial charge in [-0.2, -0.15) is 5.10 Å². The topological polar surface area (TPSA) is 77.6 Å². The highest BCUT2D eigenvalue weighted by Gasteiger charge is 2.33. The van der Waals surface area contributed by atoms with Gasteiger partial charge in [0.1, 0.15) is 5.82 Å². The Morgan fingerprint density at radius 1 is 1.21 bits per heavy atom. The molecular formula is C20H24N6O2. The summed E-state index contributed by atoms with van der Waals surface area (Å²) in [7, 11) is 0. The molecule has 8 nitrogen and oxygen atoms in total. The highest BCUT2D eigenvalue weighted by molar-refractivity contribution is 6.00. The van der Waals surface area contributed by atoms with E-state index in [1.54, 1.807) is 10.7 Å². The van der Waals surface area contributed by atoms with E-state index in [0.717, 1.165) is 48.8 Å². The molecular weight excluding hydrogens is 356 g/mol. The van der Waals surface area contributed by atoms with Crippen molar-refractivity contribution in [2.24, 2.45) is 0 Å². The predicted molar refractivity (Wildman–Crippen MR) is 102 cm³/mol. The lowest BCUT2D eigenvalue weighted by atomic mass is 9.98. The van der Waals surface area contributed by atoms with E-state index in [0.29, 0.717) is 24.6 Å². The molecule has 0 aromatic carbocycles. The molecule has 1 saturated heterocycles. The number of nitrogens with zero attached hydrogens (tertiary/aromatic N) is 6. The summed E-state index contributed by atoms with van der Waals surface area (Å²) in [5.74, 6) is 2.29. The van der Waals surface area contributed by atoms with Gasteiger partial charge in [-0.15, -0.1) is 10.2 Å². The van der Waals surface area contributed by atoms with Crippen LogP contribution < -0.4 is 0 Å². The van der Waals surface area contributed by atoms with Crippen molar-refractivity contribution in [2.45, 2.75) is 45.2 Å². The van der Waals surface area contributed by atoms with Gasteiger partial charge in [-0.1, -0.05) is 6.07 Å². The minimum Gasteiger partial charge on any atom is -0.381 e. The molecule has 0 N–H and O–H groups in total. The Labute approximate surface area is 163 Å². The summed E-state index contributed by atoms with van der Waals surface area (Å²) in [5.41, 5.74) is 2.57. The first-order chi connectivity index (χ1) is 13.6. The van der Waals surface area contributed by atoms with Crippen molar-refractivity contribution < 1.29 is 9.53 Å². The molecule has 8 heteroatoms. The van der Waals surface area contributed by atoms with Crippen LogP contribution >= 0.6 is 0 Å². The van der Waals surface area contributed by atoms with E-state index in [2.05, 4.69) is 26.8 Å². The lowest BCUT2D eigenvalue weighted by Gasteiger charge is -2.34. The molecule has 2 aliphatic rings. The molecule has 5 heterocycles. The standard InChI is InChI=1S/C20H24N6O2/c1-13-3-4-17-16(9-21-25(17)10-13)20(27)24-11-14(2)26-18(12-24)22-23-19(26)15-5-7-28-8-6-15/h3-4,9-10,14-15H,5-8,11-12H2,1-2H3/t14-/m0/s1. The van der Waals surface area contributed by atoms with Gasteiger partial charge in [0.25, 0.3) is 5.91 Å². The van der Waals surface area contributed by atoms with E-state index >= 15 is 0 Å². The maximum Gasteiger partial charge on any atom is 0.258 e. The number of hydrogen-bond donors (Lipinski definition) is 0. The number of rotatable bonds is 2. The Balaban J connectivity index is 1.43. The SMILES string of the molecule is Cc1ccc2c(C(=O)N3Cc4nnc(C5CCOCC5)n4[C@@H](C)C3)cnn2c1. The average molecular weight is 380 g/mol. The van der Waals surface area contributed by atoms with Gasteiger partial charge in [-0.3, -0.25) is 4.79 Å². The lowest BCUT2D eigenvalue weighted by Crippen LogP contribution is -2.41. The molecule has 2 aliphatic heterocycles. The summed E-state index contributed by atoms with van der Waals surface area (Å²) in [6.45, 7) is 6.82. The molecule has 0 radical (unpaired) electrons. The zero-order valence-electron chi connectivity index (χ0n) is 16.2. The van der Waals surface area contributed by atoms with Crippen LogP contribution in [0.5, 0.6) is 0 Å². The maximum atomic E-state index is 13.2. The van der Waals surface area contributed by atoms with Gasteiger partial charge in [0.05, 0.1) is 29.9 Å². The lowest BCUT2D eigenvalue weighted by molar-refractivity contribution is 0.0670. The summed E-state index contributed by atoms with van der Waals surface area (Å²) in [4.78, 5) is 15.1. The highest BCUT2D eigenvalue weighted by atomic mass is 16.5. The minimum absolute atomic E-state index is 0.00688. The van der Waals surface area contributed by atoms with Gasteiger partial charge in [-0.25, -0.2) is 4.52 Å². The van der Waals surface area contributed by atoms with Gasteiger partial charge < -0.3 is 14.2 Å². The number of aryl methyl sites for hydroxylation is 1. The van der Waals surface area contributed by atoms with E-state index < -0.39 is 0 Å². The van der Waals surface area contributed by atoms with E-state index in [-0.39, 0.29) is 11.9 Å². The molecule has 28 heavy (non-hydrogen) atoms. The number of hydrogen-bond acceptors (Lipinski definition) is 5. The van der Waals surface area contributed by atoms with E-state index in [1.165, 1.54) is 0 Å². The number of carbonyl (C=O) groups is 1. The van der Waals surface area contributed by atoms with Crippen LogP contribution in [0.15, 0.2) is 24.5 Å². The maximum absolute atomic E-state index is 13.2. The summed E-state index contributed by atoms with van der Waals surface area (Å²) < 4.78 is 9.48. The molecule has 1 amide bonds. The summed E-state index contributed by atoms with van der Waals surface area (Å²) in [6.07, 6.45) is 5.56. The molecule has 1 fully saturated rings. The predicted octanol–water partition coefficient (Wildman–Crippen LogP) is 2.35. The van der Waals surface area contributed by atoms with Gasteiger partial charge in [0.15, 0.2) is 5.82 Å². The third-order valence-electron chi connectivity index (χ3n) is 5.82. The molecule has 0 spiro atoms. The number of amides is 1. The normalized spacial score (nSPS) is 20.5. The van der Waals surface area contributed by atoms with Gasteiger partial charge in [0, 0.05) is 31.9 Å². The fourth-order valence-electron chi connectivity index (χ4n) is 4.37. The minimum atomic E-state index is -0.00688. The van der Waals surface area contributed by atoms with Crippen LogP contribution in [0.2, 0.25) is 0 Å². The summed E-state index contributed by atoms with van der Waals surface area (Å²) in [5, 5.41) is 13.3. The number of carbonyl (C=O) groups excluding carboxylic acids is 1. The van der Waals surface area contributed by atoms with Crippen LogP contribution in [0, 0.1) is 6.92 Å². The summed E-state index contributed by atoms with van der Waals surface area (Å²) in [6, 6.07) is 4.10. The number of fused-ring (bicyclic) bond motifs is 2. The van der Waals surface area contributed by atoms with Crippen LogP contribution in [-0.4, -0.2) is 54.9 Å². The fourth-order valence-corrected chi connectivity index (χ4v) is 4.37. The van der Waals surface area contributed by atoms with Crippen LogP contribution in [0.3, 0.4) is 0 Å². The number of aromatic nitrogens is 5. The largest absolute Gasteiger partial charge is 0.381 e. The number of pyridine rings is 1. The van der Waals surface area contributed by atoms with Crippen molar-refractivity contribution in [2.75, 3.05) is 19.8 Å². The Kier molecular flexibility index (Phi) is 4.16. The third-order valence-corrected chi connectivity index (χ3v) is 5.82. The Bertz CT molecular complexity index is 1030. The van der Waals surface area contributed by atoms with Crippen LogP contribution in [0.4, 0.5) is 0 Å². The molecule has 0 saturated carbocycles. The monoisotopic (exact) mass is 380 g/mol. The molecule has 3 aromatic heterocycles. The summed E-state index contributed by atoms with van der Waals surface area (Å²) >= 11 is 0. The second-order valence-corrected chi connectivity index (χ2v) is 7.86. The first-order valence-electron chi connectivity index (χ1n) is 9.86. The number of ether oxygens (including phenoxy) is 1. The van der Waals surface area contributed by atoms with Crippen molar-refractivity contribution >= 4 is 11.4 Å². The first kappa shape index (κ1) is 17.4. The average Bonchev–Trinajstić information content (AvgIpc) is 3.32. The van der Waals surface area contributed by atoms with Crippen LogP contribution in [0.1, 0.15) is 59.3 Å². The fraction of sp³-hybridized carbons (Fsp3) is 0.500. The van der Waals surface area contributed by atoms with Gasteiger partial charge >= 0.3 is 0 Å². The molecule has 3 aromatic rings. The Morgan fingerprint density at radius 2 is 2.04 bits per heavy atom. The molecule has 146 valence electrons. The molecule has 1 atom stereocenters. The van der Waals surface area contributed by atoms with Crippen molar-refractivity contribution in [3.63, 3.8) is 0 Å². The Hall–Kier alpha value is -2.74. The Morgan fingerprint density at radius 3 is 2.86 bits per heavy atom. The van der Waals surface area contributed by atoms with Crippen LogP contribution in [-0.2, 0) is 11.3 Å². The van der Waals surface area contributed by atoms with Crippen molar-refractivity contribution in [1.29, 1.82) is 0 Å². The van der Waals surface area contributed by atoms with Crippen LogP contribution in [0.25, 0.3) is 5.52 Å². The molecule has 0 aliphatic carbocycles. The molecule has 0 unspecified atom stereocenters. The van der Waals surface area contributed by atoms with E-state index in [4.69, 9.17) is 4.74 Å². The van der Waals surface area contributed by atoms with E-state index in [1.807, 2.05) is 30.2 Å². The quantitative estimate of drug-likeness (QED) is 0.682. The smallest absolute Gasteiger partial charge is 0.258 e. The zero-order chi connectivity index (χ0) is 19.3. The van der Waals surface area contributed by atoms with Crippen molar-refractivity contribution in [3.05, 3.63) is 47.3 Å². The zero-order valence-corrected chi connectivity index (χ0v) is 16.2. The third kappa shape index (κ3) is 2.79. The first-order valence-corrected chi connectivity index (χ1v) is 9.86. The second-order valence-electron chi connectivity index (χ2n) is 7.86. The second kappa shape index (κ2) is 6.70. The van der Waals surface area contributed by atoms with Gasteiger partial charge in [0.2, 0.25) is 0 Å². The molecule has 5 rings (SSSR count). The highest BCUT2D eigenvalue weighted by Crippen LogP contribution is 2.31. The van der Waals surface area contributed by atoms with Gasteiger partial charge in [-0.05, 0) is 38.3 Å². The van der Waals surface area contributed by atoms with Crippen molar-refractivity contribution in [1.82, 2.24) is 29.3 Å². The van der Waals surface area contributed by atoms with E-state index in [9.17, 15) is 4.79 Å².